The van der Waals surface area contributed by atoms with Gasteiger partial charge in [-0.25, -0.2) is 0 Å². The number of carbonyl (C=O) groups is 1. The molecule has 1 N–H and O–H groups in total. The van der Waals surface area contributed by atoms with Crippen molar-refractivity contribution in [2.75, 3.05) is 37.6 Å². The van der Waals surface area contributed by atoms with Gasteiger partial charge in [-0.05, 0) is 31.2 Å². The first-order chi connectivity index (χ1) is 12.6. The molecule has 1 aliphatic rings. The molecule has 26 heavy (non-hydrogen) atoms. The Morgan fingerprint density at radius 3 is 2.54 bits per heavy atom. The van der Waals surface area contributed by atoms with Gasteiger partial charge in [0.1, 0.15) is 5.69 Å². The van der Waals surface area contributed by atoms with Crippen molar-refractivity contribution in [3.05, 3.63) is 70.6 Å². The summed E-state index contributed by atoms with van der Waals surface area (Å²) in [5, 5.41) is 2.99. The van der Waals surface area contributed by atoms with E-state index in [1.807, 2.05) is 25.1 Å². The van der Waals surface area contributed by atoms with Crippen molar-refractivity contribution in [2.45, 2.75) is 13.0 Å². The number of rotatable bonds is 5. The zero-order valence-electron chi connectivity index (χ0n) is 15.0. The van der Waals surface area contributed by atoms with Crippen LogP contribution in [0.3, 0.4) is 0 Å². The second-order valence-corrected chi connectivity index (χ2v) is 6.54. The van der Waals surface area contributed by atoms with Crippen LogP contribution in [0.2, 0.25) is 0 Å². The van der Waals surface area contributed by atoms with Crippen LogP contribution in [0.1, 0.15) is 17.4 Å². The summed E-state index contributed by atoms with van der Waals surface area (Å²) >= 11 is 0. The minimum absolute atomic E-state index is 0.0284. The van der Waals surface area contributed by atoms with Gasteiger partial charge in [0.15, 0.2) is 0 Å². The Kier molecular flexibility index (Phi) is 5.96. The van der Waals surface area contributed by atoms with E-state index in [2.05, 4.69) is 20.1 Å². The van der Waals surface area contributed by atoms with E-state index in [0.29, 0.717) is 5.69 Å². The predicted molar refractivity (Wildman–Crippen MR) is 103 cm³/mol. The Bertz CT molecular complexity index is 789. The van der Waals surface area contributed by atoms with Gasteiger partial charge in [-0.15, -0.1) is 0 Å². The lowest BCUT2D eigenvalue weighted by Gasteiger charge is -2.36. The molecule has 1 amide bonds. The summed E-state index contributed by atoms with van der Waals surface area (Å²) in [6, 6.07) is 14.4. The van der Waals surface area contributed by atoms with Gasteiger partial charge < -0.3 is 10.2 Å². The second kappa shape index (κ2) is 8.58. The van der Waals surface area contributed by atoms with Crippen LogP contribution >= 0.6 is 0 Å². The minimum Gasteiger partial charge on any atom is -0.366 e. The molecule has 2 aromatic rings. The quantitative estimate of drug-likeness (QED) is 0.881. The molecular weight excluding hydrogens is 328 g/mol. The first kappa shape index (κ1) is 18.1. The molecule has 136 valence electrons. The highest BCUT2D eigenvalue weighted by Gasteiger charge is 2.20. The SMILES string of the molecule is C[C@H](CN1CCN(c2cccccc2=O)CC1)NC(=O)c1ccccn1. The van der Waals surface area contributed by atoms with Crippen LogP contribution in [0.5, 0.6) is 0 Å². The van der Waals surface area contributed by atoms with Crippen LogP contribution in [-0.4, -0.2) is 54.6 Å². The third kappa shape index (κ3) is 4.67. The summed E-state index contributed by atoms with van der Waals surface area (Å²) in [6.45, 7) is 6.11. The molecule has 1 aromatic heterocycles. The molecule has 0 bridgehead atoms. The molecule has 1 fully saturated rings. The van der Waals surface area contributed by atoms with E-state index < -0.39 is 0 Å². The van der Waals surface area contributed by atoms with Gasteiger partial charge in [0.05, 0.1) is 5.69 Å². The monoisotopic (exact) mass is 352 g/mol. The second-order valence-electron chi connectivity index (χ2n) is 6.54. The highest BCUT2D eigenvalue weighted by Crippen LogP contribution is 2.11. The number of carbonyl (C=O) groups excluding carboxylic acids is 1. The van der Waals surface area contributed by atoms with Gasteiger partial charge in [-0.2, -0.15) is 0 Å². The summed E-state index contributed by atoms with van der Waals surface area (Å²) in [7, 11) is 0. The van der Waals surface area contributed by atoms with E-state index in [4.69, 9.17) is 0 Å². The molecule has 6 nitrogen and oxygen atoms in total. The zero-order valence-corrected chi connectivity index (χ0v) is 15.0. The molecule has 0 unspecified atom stereocenters. The fourth-order valence-corrected chi connectivity index (χ4v) is 3.18. The average molecular weight is 352 g/mol. The van der Waals surface area contributed by atoms with Gasteiger partial charge in [0.2, 0.25) is 5.43 Å². The zero-order chi connectivity index (χ0) is 18.4. The van der Waals surface area contributed by atoms with Crippen molar-refractivity contribution >= 4 is 11.6 Å². The van der Waals surface area contributed by atoms with Crippen LogP contribution in [0.15, 0.2) is 59.5 Å². The minimum atomic E-state index is -0.149. The third-order valence-electron chi connectivity index (χ3n) is 4.50. The Balaban J connectivity index is 1.50. The molecule has 0 radical (unpaired) electrons. The number of hydrogen-bond donors (Lipinski definition) is 1. The van der Waals surface area contributed by atoms with Crippen molar-refractivity contribution in [1.82, 2.24) is 15.2 Å². The van der Waals surface area contributed by atoms with Crippen molar-refractivity contribution in [1.29, 1.82) is 0 Å². The lowest BCUT2D eigenvalue weighted by molar-refractivity contribution is 0.0923. The number of anilines is 1. The number of piperazine rings is 1. The average Bonchev–Trinajstić information content (AvgIpc) is 2.87. The van der Waals surface area contributed by atoms with Crippen LogP contribution in [0.25, 0.3) is 0 Å². The molecular formula is C20H24N4O2. The first-order valence-electron chi connectivity index (χ1n) is 8.92. The number of amides is 1. The molecule has 1 aromatic carbocycles. The third-order valence-corrected chi connectivity index (χ3v) is 4.50. The smallest absolute Gasteiger partial charge is 0.270 e. The summed E-state index contributed by atoms with van der Waals surface area (Å²) in [5.74, 6) is -0.149. The van der Waals surface area contributed by atoms with Crippen LogP contribution < -0.4 is 15.6 Å². The van der Waals surface area contributed by atoms with Crippen molar-refractivity contribution in [3.63, 3.8) is 0 Å². The molecule has 6 heteroatoms. The Morgan fingerprint density at radius 1 is 1.08 bits per heavy atom. The summed E-state index contributed by atoms with van der Waals surface area (Å²) in [5.41, 5.74) is 1.25. The van der Waals surface area contributed by atoms with E-state index in [1.165, 1.54) is 0 Å². The van der Waals surface area contributed by atoms with E-state index >= 15 is 0 Å². The van der Waals surface area contributed by atoms with Gasteiger partial charge in [-0.3, -0.25) is 19.5 Å². The number of pyridine rings is 1. The molecule has 3 rings (SSSR count). The van der Waals surface area contributed by atoms with Crippen molar-refractivity contribution < 1.29 is 4.79 Å². The van der Waals surface area contributed by atoms with Crippen LogP contribution in [0, 0.1) is 0 Å². The molecule has 1 aliphatic heterocycles. The van der Waals surface area contributed by atoms with E-state index in [1.54, 1.807) is 36.5 Å². The van der Waals surface area contributed by atoms with E-state index in [0.717, 1.165) is 38.4 Å². The number of nitrogens with one attached hydrogen (secondary N) is 1. The number of aromatic nitrogens is 1. The normalized spacial score (nSPS) is 16.1. The van der Waals surface area contributed by atoms with Crippen LogP contribution in [-0.2, 0) is 0 Å². The maximum absolute atomic E-state index is 12.2. The van der Waals surface area contributed by atoms with E-state index in [9.17, 15) is 9.59 Å². The van der Waals surface area contributed by atoms with Gasteiger partial charge in [0.25, 0.3) is 5.91 Å². The van der Waals surface area contributed by atoms with Crippen molar-refractivity contribution in [2.24, 2.45) is 0 Å². The maximum Gasteiger partial charge on any atom is 0.270 e. The Labute approximate surface area is 153 Å². The lowest BCUT2D eigenvalue weighted by atomic mass is 10.2. The van der Waals surface area contributed by atoms with E-state index in [-0.39, 0.29) is 17.4 Å². The fourth-order valence-electron chi connectivity index (χ4n) is 3.18. The molecule has 0 aliphatic carbocycles. The fraction of sp³-hybridized carbons (Fsp3) is 0.350. The topological polar surface area (TPSA) is 65.5 Å². The van der Waals surface area contributed by atoms with Crippen LogP contribution in [0.4, 0.5) is 5.69 Å². The Morgan fingerprint density at radius 2 is 1.81 bits per heavy atom. The largest absolute Gasteiger partial charge is 0.366 e. The number of nitrogens with zero attached hydrogens (tertiary/aromatic N) is 3. The molecule has 0 saturated carbocycles. The highest BCUT2D eigenvalue weighted by atomic mass is 16.2. The predicted octanol–water partition coefficient (Wildman–Crippen LogP) is 1.38. The standard InChI is InChI=1S/C20H24N4O2/c1-16(22-20(26)17-7-5-6-10-21-17)15-23-11-13-24(14-12-23)18-8-3-2-4-9-19(18)25/h2-10,16H,11-15H2,1H3,(H,22,26)/t16-/m1/s1. The number of hydrogen-bond acceptors (Lipinski definition) is 5. The maximum atomic E-state index is 12.2. The molecule has 1 atom stereocenters. The summed E-state index contributed by atoms with van der Waals surface area (Å²) in [4.78, 5) is 32.8. The summed E-state index contributed by atoms with van der Waals surface area (Å²) in [6.07, 6.45) is 1.62. The van der Waals surface area contributed by atoms with Gasteiger partial charge in [-0.1, -0.05) is 24.3 Å². The van der Waals surface area contributed by atoms with Crippen molar-refractivity contribution in [3.8, 4) is 0 Å². The molecule has 0 spiro atoms. The first-order valence-corrected chi connectivity index (χ1v) is 8.92. The highest BCUT2D eigenvalue weighted by molar-refractivity contribution is 5.92. The van der Waals surface area contributed by atoms with Gasteiger partial charge >= 0.3 is 0 Å². The Hall–Kier alpha value is -2.73. The molecule has 2 heterocycles. The molecule has 1 saturated heterocycles. The summed E-state index contributed by atoms with van der Waals surface area (Å²) < 4.78 is 0. The van der Waals surface area contributed by atoms with Gasteiger partial charge in [0, 0.05) is 45.0 Å². The lowest BCUT2D eigenvalue weighted by Crippen LogP contribution is -2.51.